The molecule has 4 aromatic rings. The quantitative estimate of drug-likeness (QED) is 0.418. The molecule has 1 atom stereocenters. The Balaban J connectivity index is 1.66. The number of halogens is 1. The summed E-state index contributed by atoms with van der Waals surface area (Å²) in [6.45, 7) is 0.639. The normalized spacial score (nSPS) is 14.3. The molecule has 0 radical (unpaired) electrons. The van der Waals surface area contributed by atoms with E-state index in [2.05, 4.69) is 34.2 Å². The zero-order valence-corrected chi connectivity index (χ0v) is 20.4. The minimum absolute atomic E-state index is 0.0696. The van der Waals surface area contributed by atoms with Crippen LogP contribution in [0.25, 0.3) is 10.9 Å². The summed E-state index contributed by atoms with van der Waals surface area (Å²) < 4.78 is 2.03. The lowest BCUT2D eigenvalue weighted by Gasteiger charge is -2.36. The Hall–Kier alpha value is -4.05. The van der Waals surface area contributed by atoms with Crippen molar-refractivity contribution in [1.82, 2.24) is 9.88 Å². The molecule has 7 heteroatoms. The third-order valence-electron chi connectivity index (χ3n) is 6.41. The van der Waals surface area contributed by atoms with Gasteiger partial charge in [-0.25, -0.2) is 0 Å². The molecule has 180 valence electrons. The lowest BCUT2D eigenvalue weighted by molar-refractivity contribution is 0.0949. The van der Waals surface area contributed by atoms with Crippen LogP contribution in [-0.2, 0) is 6.54 Å². The Kier molecular flexibility index (Phi) is 6.51. The maximum Gasteiger partial charge on any atom is 0.257 e. The molecule has 1 aliphatic rings. The first-order chi connectivity index (χ1) is 17.5. The van der Waals surface area contributed by atoms with Crippen LogP contribution in [0.5, 0.6) is 0 Å². The van der Waals surface area contributed by atoms with Gasteiger partial charge >= 0.3 is 0 Å². The van der Waals surface area contributed by atoms with E-state index >= 15 is 0 Å². The van der Waals surface area contributed by atoms with Crippen LogP contribution in [-0.4, -0.2) is 35.8 Å². The Bertz CT molecular complexity index is 1570. The molecule has 0 saturated heterocycles. The van der Waals surface area contributed by atoms with Crippen LogP contribution in [0.1, 0.15) is 33.1 Å². The number of anilines is 1. The number of amides is 1. The van der Waals surface area contributed by atoms with E-state index in [0.717, 1.165) is 22.3 Å². The number of aromatic nitrogens is 1. The molecule has 1 amide bonds. The molecule has 2 N–H and O–H groups in total. The molecule has 1 aromatic heterocycles. The summed E-state index contributed by atoms with van der Waals surface area (Å²) in [7, 11) is 1.98. The Morgan fingerprint density at radius 3 is 2.61 bits per heavy atom. The van der Waals surface area contributed by atoms with E-state index in [9.17, 15) is 9.59 Å². The number of rotatable bonds is 4. The summed E-state index contributed by atoms with van der Waals surface area (Å²) in [5.41, 5.74) is 3.89. The van der Waals surface area contributed by atoms with Crippen molar-refractivity contribution < 1.29 is 9.90 Å². The van der Waals surface area contributed by atoms with E-state index in [-0.39, 0.29) is 30.2 Å². The van der Waals surface area contributed by atoms with Crippen molar-refractivity contribution in [2.75, 3.05) is 25.1 Å². The average molecular weight is 498 g/mol. The zero-order valence-electron chi connectivity index (χ0n) is 19.7. The molecule has 36 heavy (non-hydrogen) atoms. The van der Waals surface area contributed by atoms with Gasteiger partial charge in [0.15, 0.2) is 0 Å². The van der Waals surface area contributed by atoms with Gasteiger partial charge in [0.2, 0.25) is 5.43 Å². The highest BCUT2D eigenvalue weighted by molar-refractivity contribution is 6.30. The van der Waals surface area contributed by atoms with E-state index in [1.54, 1.807) is 24.4 Å². The molecule has 0 bridgehead atoms. The number of pyridine rings is 1. The number of benzene rings is 3. The van der Waals surface area contributed by atoms with Crippen molar-refractivity contribution in [2.45, 2.75) is 12.6 Å². The van der Waals surface area contributed by atoms with Crippen molar-refractivity contribution in [2.24, 2.45) is 0 Å². The van der Waals surface area contributed by atoms with Crippen LogP contribution < -0.4 is 15.6 Å². The predicted octanol–water partition coefficient (Wildman–Crippen LogP) is 3.97. The van der Waals surface area contributed by atoms with Gasteiger partial charge in [-0.3, -0.25) is 9.59 Å². The molecule has 0 spiro atoms. The first-order valence-electron chi connectivity index (χ1n) is 11.6. The van der Waals surface area contributed by atoms with Crippen LogP contribution in [0.3, 0.4) is 0 Å². The fraction of sp³-hybridized carbons (Fsp3) is 0.172. The predicted molar refractivity (Wildman–Crippen MR) is 143 cm³/mol. The number of aliphatic hydroxyl groups excluding tert-OH is 1. The van der Waals surface area contributed by atoms with Gasteiger partial charge in [0.1, 0.15) is 12.2 Å². The molecule has 0 aliphatic carbocycles. The highest BCUT2D eigenvalue weighted by atomic mass is 35.5. The number of nitrogens with zero attached hydrogens (tertiary/aromatic N) is 2. The first-order valence-corrected chi connectivity index (χ1v) is 12.0. The van der Waals surface area contributed by atoms with Crippen LogP contribution >= 0.6 is 11.6 Å². The lowest BCUT2D eigenvalue weighted by Crippen LogP contribution is -2.36. The summed E-state index contributed by atoms with van der Waals surface area (Å²) in [5, 5.41) is 13.1. The lowest BCUT2D eigenvalue weighted by atomic mass is 9.98. The zero-order chi connectivity index (χ0) is 25.2. The second-order valence-corrected chi connectivity index (χ2v) is 9.18. The Morgan fingerprint density at radius 2 is 1.89 bits per heavy atom. The minimum Gasteiger partial charge on any atom is -0.384 e. The number of hydrogen-bond donors (Lipinski definition) is 2. The first kappa shape index (κ1) is 23.7. The maximum atomic E-state index is 13.6. The Morgan fingerprint density at radius 1 is 1.14 bits per heavy atom. The maximum absolute atomic E-state index is 13.6. The number of carbonyl (C=O) groups excluding carboxylic acids is 1. The van der Waals surface area contributed by atoms with Gasteiger partial charge in [-0.2, -0.15) is 0 Å². The van der Waals surface area contributed by atoms with Gasteiger partial charge in [-0.1, -0.05) is 65.9 Å². The van der Waals surface area contributed by atoms with Crippen LogP contribution in [0, 0.1) is 11.8 Å². The largest absolute Gasteiger partial charge is 0.384 e. The fourth-order valence-electron chi connectivity index (χ4n) is 4.65. The van der Waals surface area contributed by atoms with E-state index in [1.165, 1.54) is 0 Å². The van der Waals surface area contributed by atoms with E-state index in [0.29, 0.717) is 22.5 Å². The molecular weight excluding hydrogens is 474 g/mol. The number of nitrogens with one attached hydrogen (secondary N) is 1. The number of likely N-dealkylation sites (N-methyl/N-ethyl adjacent to an activating group) is 1. The molecule has 0 fully saturated rings. The SMILES string of the molecule is CN1CC(c2ccccc2)n2cc(C(=O)NCc3ccc(Cl)cc3)c(=O)c3cc(C#CCO)cc1c32. The van der Waals surface area contributed by atoms with Crippen molar-refractivity contribution in [3.8, 4) is 11.8 Å². The Labute approximate surface area is 213 Å². The molecule has 6 nitrogen and oxygen atoms in total. The van der Waals surface area contributed by atoms with Crippen LogP contribution in [0.2, 0.25) is 5.02 Å². The van der Waals surface area contributed by atoms with Gasteiger partial charge in [0, 0.05) is 42.3 Å². The minimum atomic E-state index is -0.445. The molecule has 2 heterocycles. The third kappa shape index (κ3) is 4.47. The van der Waals surface area contributed by atoms with Gasteiger partial charge < -0.3 is 19.9 Å². The van der Waals surface area contributed by atoms with E-state index < -0.39 is 5.91 Å². The number of aliphatic hydroxyl groups is 1. The fourth-order valence-corrected chi connectivity index (χ4v) is 4.78. The molecule has 1 aliphatic heterocycles. The number of hydrogen-bond acceptors (Lipinski definition) is 4. The highest BCUT2D eigenvalue weighted by Crippen LogP contribution is 2.36. The molecular formula is C29H24ClN3O3. The summed E-state index contributed by atoms with van der Waals surface area (Å²) in [6, 6.07) is 20.7. The molecule has 0 saturated carbocycles. The van der Waals surface area contributed by atoms with E-state index in [1.807, 2.05) is 48.0 Å². The molecule has 5 rings (SSSR count). The number of carbonyl (C=O) groups is 1. The highest BCUT2D eigenvalue weighted by Gasteiger charge is 2.28. The summed E-state index contributed by atoms with van der Waals surface area (Å²) in [6.07, 6.45) is 1.68. The topological polar surface area (TPSA) is 74.6 Å². The summed E-state index contributed by atoms with van der Waals surface area (Å²) in [4.78, 5) is 29.0. The van der Waals surface area contributed by atoms with Gasteiger partial charge in [0.05, 0.1) is 17.2 Å². The summed E-state index contributed by atoms with van der Waals surface area (Å²) in [5.74, 6) is 5.12. The average Bonchev–Trinajstić information content (AvgIpc) is 2.90. The van der Waals surface area contributed by atoms with Crippen LogP contribution in [0.15, 0.2) is 77.7 Å². The standard InChI is InChI=1S/C29H24ClN3O3/c1-32-18-26(21-7-3-2-4-8-21)33-17-24(29(36)31-16-19-9-11-22(30)12-10-19)28(35)23-14-20(6-5-13-34)15-25(32)27(23)33/h2-4,7-12,14-15,17,26,34H,13,16,18H2,1H3,(H,31,36). The van der Waals surface area contributed by atoms with E-state index in [4.69, 9.17) is 16.7 Å². The van der Waals surface area contributed by atoms with Crippen molar-refractivity contribution in [3.05, 3.63) is 110 Å². The van der Waals surface area contributed by atoms with Gasteiger partial charge in [0.25, 0.3) is 5.91 Å². The van der Waals surface area contributed by atoms with Crippen molar-refractivity contribution in [3.63, 3.8) is 0 Å². The van der Waals surface area contributed by atoms with Gasteiger partial charge in [-0.05, 0) is 35.4 Å². The smallest absolute Gasteiger partial charge is 0.257 e. The van der Waals surface area contributed by atoms with Crippen molar-refractivity contribution in [1.29, 1.82) is 0 Å². The molecule has 3 aromatic carbocycles. The second kappa shape index (κ2) is 9.90. The van der Waals surface area contributed by atoms with Gasteiger partial charge in [-0.15, -0.1) is 0 Å². The van der Waals surface area contributed by atoms with Crippen molar-refractivity contribution >= 4 is 34.1 Å². The van der Waals surface area contributed by atoms with Crippen LogP contribution in [0.4, 0.5) is 5.69 Å². The second-order valence-electron chi connectivity index (χ2n) is 8.75. The summed E-state index contributed by atoms with van der Waals surface area (Å²) >= 11 is 5.96. The monoisotopic (exact) mass is 497 g/mol. The molecule has 1 unspecified atom stereocenters. The third-order valence-corrected chi connectivity index (χ3v) is 6.66.